The van der Waals surface area contributed by atoms with Crippen LogP contribution < -0.4 is 44.1 Å². The van der Waals surface area contributed by atoms with E-state index in [1.165, 1.54) is 0 Å². The molecule has 0 amide bonds. The minimum Gasteiger partial charge on any atom is -0.863 e. The number of ether oxygens (including phenoxy) is 5. The van der Waals surface area contributed by atoms with Crippen LogP contribution in [0.25, 0.3) is 0 Å². The number of hydrogen-bond donors (Lipinski definition) is 0. The summed E-state index contributed by atoms with van der Waals surface area (Å²) in [5.74, 6) is 0.00930. The van der Waals surface area contributed by atoms with Crippen LogP contribution in [-0.2, 0) is 14.2 Å². The molecular weight excluding hydrogens is 497 g/mol. The summed E-state index contributed by atoms with van der Waals surface area (Å²) in [6, 6.07) is 8.38. The van der Waals surface area contributed by atoms with Crippen molar-refractivity contribution in [3.63, 3.8) is 0 Å². The van der Waals surface area contributed by atoms with Crippen LogP contribution in [0, 0.1) is 30.3 Å². The first kappa shape index (κ1) is 31.0. The van der Waals surface area contributed by atoms with Crippen molar-refractivity contribution in [2.24, 2.45) is 0 Å². The maximum absolute atomic E-state index is 11.1. The molecular formula is C20H22N3NaO12. The van der Waals surface area contributed by atoms with Gasteiger partial charge in [-0.3, -0.25) is 30.3 Å². The fourth-order valence-corrected chi connectivity index (χ4v) is 2.61. The van der Waals surface area contributed by atoms with E-state index in [0.29, 0.717) is 65.0 Å². The van der Waals surface area contributed by atoms with Gasteiger partial charge in [-0.05, 0) is 12.1 Å². The molecule has 1 heterocycles. The van der Waals surface area contributed by atoms with E-state index in [4.69, 9.17) is 23.7 Å². The minimum atomic E-state index is -1.46. The molecule has 190 valence electrons. The summed E-state index contributed by atoms with van der Waals surface area (Å²) in [5, 5.41) is 42.1. The van der Waals surface area contributed by atoms with Crippen molar-refractivity contribution in [1.82, 2.24) is 0 Å². The number of para-hydroxylation sites is 2. The summed E-state index contributed by atoms with van der Waals surface area (Å²) in [4.78, 5) is 27.5. The predicted octanol–water partition coefficient (Wildman–Crippen LogP) is -1.00. The van der Waals surface area contributed by atoms with E-state index in [0.717, 1.165) is 11.5 Å². The summed E-state index contributed by atoms with van der Waals surface area (Å²) in [6.45, 7) is 4.37. The molecule has 0 N–H and O–H groups in total. The van der Waals surface area contributed by atoms with Crippen LogP contribution in [0.2, 0.25) is 0 Å². The molecule has 0 bridgehead atoms. The van der Waals surface area contributed by atoms with Gasteiger partial charge in [-0.15, -0.1) is 0 Å². The first-order valence-corrected chi connectivity index (χ1v) is 10.2. The number of benzene rings is 2. The number of nitro groups is 3. The average Bonchev–Trinajstić information content (AvgIpc) is 2.83. The Bertz CT molecular complexity index is 955. The van der Waals surface area contributed by atoms with Crippen molar-refractivity contribution < 1.29 is 73.1 Å². The van der Waals surface area contributed by atoms with Crippen LogP contribution in [-0.4, -0.2) is 67.6 Å². The van der Waals surface area contributed by atoms with Crippen LogP contribution in [0.3, 0.4) is 0 Å². The van der Waals surface area contributed by atoms with Crippen LogP contribution in [0.5, 0.6) is 17.2 Å². The number of rotatable bonds is 3. The van der Waals surface area contributed by atoms with E-state index in [1.807, 2.05) is 24.3 Å². The number of non-ortho nitro benzene ring substituents is 1. The number of hydrogen-bond acceptors (Lipinski definition) is 12. The molecule has 0 aromatic heterocycles. The third-order valence-corrected chi connectivity index (χ3v) is 4.20. The zero-order valence-electron chi connectivity index (χ0n) is 19.4. The molecule has 0 radical (unpaired) electrons. The van der Waals surface area contributed by atoms with Gasteiger partial charge in [0.15, 0.2) is 11.5 Å². The first-order valence-electron chi connectivity index (χ1n) is 10.2. The van der Waals surface area contributed by atoms with Gasteiger partial charge in [0, 0.05) is 0 Å². The van der Waals surface area contributed by atoms with Gasteiger partial charge in [0.05, 0.1) is 72.3 Å². The Morgan fingerprint density at radius 2 is 0.972 bits per heavy atom. The van der Waals surface area contributed by atoms with Crippen LogP contribution in [0.15, 0.2) is 36.4 Å². The largest absolute Gasteiger partial charge is 1.00 e. The second-order valence-corrected chi connectivity index (χ2v) is 6.57. The van der Waals surface area contributed by atoms with Crippen LogP contribution in [0.4, 0.5) is 17.1 Å². The van der Waals surface area contributed by atoms with Gasteiger partial charge in [-0.25, -0.2) is 0 Å². The monoisotopic (exact) mass is 519 g/mol. The number of nitro benzene ring substituents is 3. The molecule has 0 aliphatic carbocycles. The van der Waals surface area contributed by atoms with Gasteiger partial charge in [0.1, 0.15) is 13.2 Å². The van der Waals surface area contributed by atoms with E-state index in [2.05, 4.69) is 0 Å². The fourth-order valence-electron chi connectivity index (χ4n) is 2.61. The Balaban J connectivity index is 0.000000356. The van der Waals surface area contributed by atoms with Crippen LogP contribution in [0.1, 0.15) is 0 Å². The molecule has 0 atom stereocenters. The summed E-state index contributed by atoms with van der Waals surface area (Å²) in [7, 11) is 0. The van der Waals surface area contributed by atoms with Crippen molar-refractivity contribution in [2.75, 3.05) is 52.9 Å². The molecule has 3 rings (SSSR count). The SMILES string of the molecule is O=[N+]([O-])c1cc([N+](=O)[O-])c([O-])c([N+](=O)[O-])c1.[Na+].c1ccc2c(c1)OCCOCCOCCOCCO2. The maximum atomic E-state index is 11.1. The fraction of sp³-hybridized carbons (Fsp3) is 0.400. The van der Waals surface area contributed by atoms with Gasteiger partial charge >= 0.3 is 29.6 Å². The van der Waals surface area contributed by atoms with Crippen molar-refractivity contribution >= 4 is 17.1 Å². The maximum Gasteiger partial charge on any atom is 1.00 e. The minimum absolute atomic E-state index is 0. The molecule has 15 nitrogen and oxygen atoms in total. The van der Waals surface area contributed by atoms with E-state index in [-0.39, 0.29) is 29.6 Å². The van der Waals surface area contributed by atoms with Gasteiger partial charge in [0.25, 0.3) is 17.1 Å². The van der Waals surface area contributed by atoms with E-state index in [9.17, 15) is 35.4 Å². The molecule has 1 aliphatic rings. The zero-order chi connectivity index (χ0) is 25.6. The molecule has 0 saturated heterocycles. The van der Waals surface area contributed by atoms with Gasteiger partial charge in [0.2, 0.25) is 0 Å². The van der Waals surface area contributed by atoms with Gasteiger partial charge in [-0.1, -0.05) is 12.1 Å². The molecule has 1 aliphatic heterocycles. The number of fused-ring (bicyclic) bond motifs is 1. The van der Waals surface area contributed by atoms with Crippen LogP contribution >= 0.6 is 0 Å². The molecule has 2 aromatic carbocycles. The topological polar surface area (TPSA) is 199 Å². The third-order valence-electron chi connectivity index (χ3n) is 4.20. The second kappa shape index (κ2) is 16.6. The Morgan fingerprint density at radius 1 is 0.611 bits per heavy atom. The molecule has 0 unspecified atom stereocenters. The predicted molar refractivity (Wildman–Crippen MR) is 116 cm³/mol. The molecule has 0 saturated carbocycles. The van der Waals surface area contributed by atoms with Gasteiger partial charge < -0.3 is 28.8 Å². The molecule has 2 aromatic rings. The van der Waals surface area contributed by atoms with Crippen molar-refractivity contribution in [3.8, 4) is 17.2 Å². The third kappa shape index (κ3) is 10.3. The summed E-state index contributed by atoms with van der Waals surface area (Å²) in [6.07, 6.45) is 0. The van der Waals surface area contributed by atoms with E-state index < -0.39 is 37.6 Å². The summed E-state index contributed by atoms with van der Waals surface area (Å²) >= 11 is 0. The van der Waals surface area contributed by atoms with E-state index >= 15 is 0 Å². The van der Waals surface area contributed by atoms with Crippen molar-refractivity contribution in [3.05, 3.63) is 66.7 Å². The molecule has 0 spiro atoms. The van der Waals surface area contributed by atoms with Crippen molar-refractivity contribution in [1.29, 1.82) is 0 Å². The Hall–Kier alpha value is -3.08. The summed E-state index contributed by atoms with van der Waals surface area (Å²) in [5.41, 5.74) is -3.26. The standard InChI is InChI=1S/C14H20O5.C6H3N3O7.Na/c1-2-4-14-13(3-1)18-11-9-16-7-5-15-6-8-17-10-12-19-14;10-6-4(8(13)14)1-3(7(11)12)2-5(6)9(15)16;/h1-4H,5-12H2;1-2,10H;/q;;+1/p-1. The van der Waals surface area contributed by atoms with Gasteiger partial charge in [-0.2, -0.15) is 0 Å². The first-order chi connectivity index (χ1) is 16.8. The van der Waals surface area contributed by atoms with Crippen molar-refractivity contribution in [2.45, 2.75) is 0 Å². The number of nitrogens with zero attached hydrogens (tertiary/aromatic N) is 3. The normalized spacial score (nSPS) is 14.4. The zero-order valence-corrected chi connectivity index (χ0v) is 21.4. The quantitative estimate of drug-likeness (QED) is 0.272. The molecule has 16 heteroatoms. The Morgan fingerprint density at radius 3 is 1.31 bits per heavy atom. The molecule has 36 heavy (non-hydrogen) atoms. The average molecular weight is 519 g/mol. The molecule has 0 fully saturated rings. The second-order valence-electron chi connectivity index (χ2n) is 6.57. The van der Waals surface area contributed by atoms with E-state index in [1.54, 1.807) is 0 Å². The summed E-state index contributed by atoms with van der Waals surface area (Å²) < 4.78 is 27.4. The Kier molecular flexibility index (Phi) is 14.2. The smallest absolute Gasteiger partial charge is 0.863 e. The Labute approximate surface area is 226 Å².